The van der Waals surface area contributed by atoms with Gasteiger partial charge in [0, 0.05) is 0 Å². The molecule has 1 heterocycles. The first-order valence-corrected chi connectivity index (χ1v) is 4.67. The molecule has 5 heteroatoms. The first kappa shape index (κ1) is 9.64. The van der Waals surface area contributed by atoms with Gasteiger partial charge in [-0.2, -0.15) is 5.11 Å². The van der Waals surface area contributed by atoms with Gasteiger partial charge in [-0.15, -0.1) is 0 Å². The smallest absolute Gasteiger partial charge is 0.407 e. The second-order valence-electron chi connectivity index (χ2n) is 3.42. The fraction of sp³-hybridized carbons (Fsp3) is 0.300. The van der Waals surface area contributed by atoms with Crippen LogP contribution in [0, 0.1) is 5.53 Å². The van der Waals surface area contributed by atoms with Crippen LogP contribution in [0.1, 0.15) is 5.56 Å². The lowest BCUT2D eigenvalue weighted by Crippen LogP contribution is -2.28. The van der Waals surface area contributed by atoms with Gasteiger partial charge in [0.15, 0.2) is 0 Å². The summed E-state index contributed by atoms with van der Waals surface area (Å²) in [6.07, 6.45) is 0.391. The second-order valence-corrected chi connectivity index (χ2v) is 3.42. The fourth-order valence-corrected chi connectivity index (χ4v) is 1.53. The van der Waals surface area contributed by atoms with Gasteiger partial charge in [-0.3, -0.25) is 0 Å². The van der Waals surface area contributed by atoms with Gasteiger partial charge >= 0.3 is 6.09 Å². The Morgan fingerprint density at radius 2 is 2.20 bits per heavy atom. The molecule has 2 N–H and O–H groups in total. The maximum absolute atomic E-state index is 10.8. The Bertz CT molecular complexity index is 375. The van der Waals surface area contributed by atoms with Crippen LogP contribution in [-0.4, -0.2) is 18.7 Å². The first-order chi connectivity index (χ1) is 7.28. The van der Waals surface area contributed by atoms with Crippen molar-refractivity contribution in [3.63, 3.8) is 0 Å². The van der Waals surface area contributed by atoms with Gasteiger partial charge in [-0.1, -0.05) is 12.1 Å². The summed E-state index contributed by atoms with van der Waals surface area (Å²) in [6, 6.07) is 7.41. The molecule has 0 unspecified atom stereocenters. The molecule has 1 saturated heterocycles. The summed E-state index contributed by atoms with van der Waals surface area (Å²) < 4.78 is 4.78. The average molecular weight is 205 g/mol. The lowest BCUT2D eigenvalue weighted by molar-refractivity contribution is 0.177. The summed E-state index contributed by atoms with van der Waals surface area (Å²) in [7, 11) is 0. The van der Waals surface area contributed by atoms with Crippen molar-refractivity contribution in [3.05, 3.63) is 29.8 Å². The molecule has 2 rings (SSSR count). The number of carbonyl (C=O) groups is 1. The summed E-state index contributed by atoms with van der Waals surface area (Å²) in [4.78, 5) is 10.8. The molecular weight excluding hydrogens is 194 g/mol. The summed E-state index contributed by atoms with van der Waals surface area (Å²) in [5, 5.41) is 6.02. The maximum atomic E-state index is 10.8. The van der Waals surface area contributed by atoms with E-state index in [2.05, 4.69) is 10.4 Å². The van der Waals surface area contributed by atoms with E-state index in [1.807, 2.05) is 12.1 Å². The maximum Gasteiger partial charge on any atom is 0.407 e. The van der Waals surface area contributed by atoms with Crippen molar-refractivity contribution in [2.24, 2.45) is 5.11 Å². The molecule has 1 aliphatic heterocycles. The molecule has 1 aromatic rings. The lowest BCUT2D eigenvalue weighted by atomic mass is 10.1. The van der Waals surface area contributed by atoms with Crippen molar-refractivity contribution in [3.8, 4) is 0 Å². The fourth-order valence-electron chi connectivity index (χ4n) is 1.53. The van der Waals surface area contributed by atoms with Crippen LogP contribution in [-0.2, 0) is 11.2 Å². The van der Waals surface area contributed by atoms with Crippen LogP contribution < -0.4 is 5.32 Å². The van der Waals surface area contributed by atoms with Crippen LogP contribution in [0.15, 0.2) is 29.4 Å². The molecule has 1 aliphatic rings. The molecule has 0 spiro atoms. The Kier molecular flexibility index (Phi) is 2.62. The molecule has 0 aromatic heterocycles. The zero-order chi connectivity index (χ0) is 10.7. The van der Waals surface area contributed by atoms with E-state index in [0.717, 1.165) is 12.0 Å². The largest absolute Gasteiger partial charge is 0.447 e. The number of nitrogens with zero attached hydrogens (tertiary/aromatic N) is 1. The summed E-state index contributed by atoms with van der Waals surface area (Å²) >= 11 is 0. The number of ether oxygens (including phenoxy) is 1. The highest BCUT2D eigenvalue weighted by Crippen LogP contribution is 2.14. The molecule has 0 saturated carbocycles. The number of carbonyl (C=O) groups excluding carboxylic acids is 1. The van der Waals surface area contributed by atoms with E-state index in [1.165, 1.54) is 0 Å². The van der Waals surface area contributed by atoms with Gasteiger partial charge in [0.1, 0.15) is 6.61 Å². The Morgan fingerprint density at radius 1 is 1.47 bits per heavy atom. The zero-order valence-electron chi connectivity index (χ0n) is 8.06. The average Bonchev–Trinajstić information content (AvgIpc) is 2.65. The van der Waals surface area contributed by atoms with Crippen molar-refractivity contribution < 1.29 is 9.53 Å². The number of amides is 1. The third kappa shape index (κ3) is 2.31. The van der Waals surface area contributed by atoms with E-state index in [9.17, 15) is 4.79 Å². The van der Waals surface area contributed by atoms with Crippen molar-refractivity contribution >= 4 is 11.8 Å². The minimum Gasteiger partial charge on any atom is -0.447 e. The molecular formula is C10H11N3O2. The van der Waals surface area contributed by atoms with E-state index < -0.39 is 0 Å². The van der Waals surface area contributed by atoms with Crippen molar-refractivity contribution in [1.82, 2.24) is 5.32 Å². The molecule has 0 radical (unpaired) electrons. The van der Waals surface area contributed by atoms with Crippen LogP contribution in [0.4, 0.5) is 10.5 Å². The predicted molar refractivity (Wildman–Crippen MR) is 53.2 cm³/mol. The molecule has 1 amide bonds. The SMILES string of the molecule is N=Nc1ccc(C[C@H]2COC(=O)N2)cc1. The number of benzene rings is 1. The third-order valence-electron chi connectivity index (χ3n) is 2.29. The van der Waals surface area contributed by atoms with E-state index in [4.69, 9.17) is 10.3 Å². The number of nitrogens with one attached hydrogen (secondary N) is 2. The standard InChI is InChI=1S/C10H11N3O2/c11-13-8-3-1-7(2-4-8)5-9-6-15-10(14)12-9/h1-4,9,11H,5-6H2,(H,12,14)/t9-/m0/s1. The van der Waals surface area contributed by atoms with Gasteiger partial charge in [0.25, 0.3) is 0 Å². The Labute approximate surface area is 86.9 Å². The molecule has 1 aromatic carbocycles. The summed E-state index contributed by atoms with van der Waals surface area (Å²) in [6.45, 7) is 0.420. The van der Waals surface area contributed by atoms with Gasteiger partial charge in [-0.25, -0.2) is 10.3 Å². The highest BCUT2D eigenvalue weighted by molar-refractivity contribution is 5.69. The minimum absolute atomic E-state index is 0.0521. The molecule has 0 bridgehead atoms. The van der Waals surface area contributed by atoms with Crippen molar-refractivity contribution in [2.75, 3.05) is 6.61 Å². The third-order valence-corrected chi connectivity index (χ3v) is 2.29. The van der Waals surface area contributed by atoms with Gasteiger partial charge in [0.05, 0.1) is 11.7 Å². The number of hydrogen-bond acceptors (Lipinski definition) is 4. The van der Waals surface area contributed by atoms with E-state index in [0.29, 0.717) is 12.3 Å². The van der Waals surface area contributed by atoms with Crippen molar-refractivity contribution in [1.29, 1.82) is 5.53 Å². The first-order valence-electron chi connectivity index (χ1n) is 4.67. The highest BCUT2D eigenvalue weighted by atomic mass is 16.6. The molecule has 5 nitrogen and oxygen atoms in total. The predicted octanol–water partition coefficient (Wildman–Crippen LogP) is 2.00. The molecule has 1 atom stereocenters. The zero-order valence-corrected chi connectivity index (χ0v) is 8.06. The number of hydrogen-bond donors (Lipinski definition) is 2. The molecule has 15 heavy (non-hydrogen) atoms. The van der Waals surface area contributed by atoms with Crippen LogP contribution in [0.5, 0.6) is 0 Å². The normalized spacial score (nSPS) is 19.5. The van der Waals surface area contributed by atoms with Gasteiger partial charge < -0.3 is 10.1 Å². The molecule has 78 valence electrons. The molecule has 0 aliphatic carbocycles. The van der Waals surface area contributed by atoms with Crippen LogP contribution in [0.3, 0.4) is 0 Å². The van der Waals surface area contributed by atoms with Crippen LogP contribution in [0.2, 0.25) is 0 Å². The Balaban J connectivity index is 1.98. The van der Waals surface area contributed by atoms with E-state index in [1.54, 1.807) is 12.1 Å². The van der Waals surface area contributed by atoms with Crippen LogP contribution in [0.25, 0.3) is 0 Å². The Hall–Kier alpha value is -1.91. The number of cyclic esters (lactones) is 1. The van der Waals surface area contributed by atoms with Gasteiger partial charge in [0.2, 0.25) is 0 Å². The van der Waals surface area contributed by atoms with E-state index in [-0.39, 0.29) is 12.1 Å². The van der Waals surface area contributed by atoms with Crippen LogP contribution >= 0.6 is 0 Å². The van der Waals surface area contributed by atoms with E-state index >= 15 is 0 Å². The number of rotatable bonds is 3. The second kappa shape index (κ2) is 4.08. The summed E-state index contributed by atoms with van der Waals surface area (Å²) in [5.41, 5.74) is 8.54. The Morgan fingerprint density at radius 3 is 2.73 bits per heavy atom. The number of alkyl carbamates (subject to hydrolysis) is 1. The highest BCUT2D eigenvalue weighted by Gasteiger charge is 2.21. The van der Waals surface area contributed by atoms with Gasteiger partial charge in [-0.05, 0) is 24.1 Å². The summed E-state index contributed by atoms with van der Waals surface area (Å²) in [5.74, 6) is 0. The van der Waals surface area contributed by atoms with Crippen molar-refractivity contribution in [2.45, 2.75) is 12.5 Å². The lowest BCUT2D eigenvalue weighted by Gasteiger charge is -2.06. The quantitative estimate of drug-likeness (QED) is 0.740. The topological polar surface area (TPSA) is 74.5 Å². The molecule has 1 fully saturated rings. The minimum atomic E-state index is -0.349. The monoisotopic (exact) mass is 205 g/mol.